The molecule has 1 aliphatic heterocycles. The summed E-state index contributed by atoms with van der Waals surface area (Å²) in [5, 5.41) is 25.2. The van der Waals surface area contributed by atoms with Crippen molar-refractivity contribution in [1.29, 1.82) is 0 Å². The van der Waals surface area contributed by atoms with Gasteiger partial charge in [-0.1, -0.05) is 86.6 Å². The minimum absolute atomic E-state index is 0.0627. The molecule has 1 aliphatic rings. The second-order valence-electron chi connectivity index (χ2n) is 9.37. The topological polar surface area (TPSA) is 80.5 Å². The van der Waals surface area contributed by atoms with E-state index in [1.54, 1.807) is 13.8 Å². The lowest BCUT2D eigenvalue weighted by atomic mass is 10.1. The smallest absolute Gasteiger partial charge is 0.261 e. The zero-order chi connectivity index (χ0) is 22.7. The van der Waals surface area contributed by atoms with Crippen molar-refractivity contribution in [3.63, 3.8) is 0 Å². The molecule has 6 nitrogen and oxygen atoms in total. The molecule has 2 aromatic rings. The highest BCUT2D eigenvalue weighted by Gasteiger charge is 2.51. The molecule has 1 heterocycles. The van der Waals surface area contributed by atoms with E-state index in [9.17, 15) is 5.11 Å². The first-order chi connectivity index (χ1) is 14.6. The molecule has 0 amide bonds. The quantitative estimate of drug-likeness (QED) is 0.298. The Hall–Kier alpha value is -2.03. The van der Waals surface area contributed by atoms with Gasteiger partial charge in [0, 0.05) is 0 Å². The Morgan fingerprint density at radius 3 is 2.00 bits per heavy atom. The van der Waals surface area contributed by atoms with Gasteiger partial charge in [-0.15, -0.1) is 0 Å². The van der Waals surface area contributed by atoms with Crippen LogP contribution >= 0.6 is 0 Å². The van der Waals surface area contributed by atoms with Crippen LogP contribution in [0.2, 0.25) is 5.04 Å². The minimum atomic E-state index is -2.78. The van der Waals surface area contributed by atoms with E-state index in [4.69, 9.17) is 19.1 Å². The van der Waals surface area contributed by atoms with Crippen molar-refractivity contribution in [2.45, 2.75) is 63.8 Å². The summed E-state index contributed by atoms with van der Waals surface area (Å²) in [6, 6.07) is 20.5. The van der Waals surface area contributed by atoms with Gasteiger partial charge in [-0.2, -0.15) is 0 Å². The Morgan fingerprint density at radius 1 is 1.03 bits per heavy atom. The van der Waals surface area contributed by atoms with Crippen LogP contribution in [-0.4, -0.2) is 55.6 Å². The Morgan fingerprint density at radius 2 is 1.55 bits per heavy atom. The average molecular weight is 444 g/mol. The SMILES string of the molecule is CC1(C)O[C@H]([C@H](O)CO[Si](c2ccccc2)(c2ccccc2)C(C)(C)C)[C@H](/C=N/O)O1. The monoisotopic (exact) mass is 443 g/mol. The summed E-state index contributed by atoms with van der Waals surface area (Å²) in [6.07, 6.45) is -1.10. The van der Waals surface area contributed by atoms with Crippen LogP contribution in [-0.2, 0) is 13.9 Å². The Kier molecular flexibility index (Phi) is 7.03. The molecule has 0 bridgehead atoms. The van der Waals surface area contributed by atoms with Crippen molar-refractivity contribution in [3.8, 4) is 0 Å². The van der Waals surface area contributed by atoms with Gasteiger partial charge in [-0.25, -0.2) is 0 Å². The van der Waals surface area contributed by atoms with Gasteiger partial charge in [0.2, 0.25) is 0 Å². The zero-order valence-electron chi connectivity index (χ0n) is 18.9. The van der Waals surface area contributed by atoms with Crippen molar-refractivity contribution in [2.75, 3.05) is 6.61 Å². The molecule has 2 N–H and O–H groups in total. The molecule has 3 rings (SSSR count). The molecule has 2 aromatic carbocycles. The van der Waals surface area contributed by atoms with Gasteiger partial charge in [0.1, 0.15) is 18.3 Å². The minimum Gasteiger partial charge on any atom is -0.411 e. The number of nitrogens with zero attached hydrogens (tertiary/aromatic N) is 1. The van der Waals surface area contributed by atoms with Crippen LogP contribution in [0.3, 0.4) is 0 Å². The second kappa shape index (κ2) is 9.22. The Bertz CT molecular complexity index is 827. The molecule has 1 fully saturated rings. The van der Waals surface area contributed by atoms with Crippen LogP contribution in [0.1, 0.15) is 34.6 Å². The van der Waals surface area contributed by atoms with E-state index < -0.39 is 32.4 Å². The highest BCUT2D eigenvalue weighted by molar-refractivity contribution is 6.99. The van der Waals surface area contributed by atoms with E-state index in [2.05, 4.69) is 50.2 Å². The maximum absolute atomic E-state index is 11.1. The number of ether oxygens (including phenoxy) is 2. The molecule has 0 aliphatic carbocycles. The van der Waals surface area contributed by atoms with Gasteiger partial charge in [-0.05, 0) is 29.3 Å². The van der Waals surface area contributed by atoms with Crippen molar-refractivity contribution < 1.29 is 24.2 Å². The Labute approximate surface area is 185 Å². The fourth-order valence-corrected chi connectivity index (χ4v) is 8.94. The van der Waals surface area contributed by atoms with Gasteiger partial charge in [-0.3, -0.25) is 0 Å². The first-order valence-electron chi connectivity index (χ1n) is 10.6. The van der Waals surface area contributed by atoms with Gasteiger partial charge >= 0.3 is 0 Å². The molecular weight excluding hydrogens is 410 g/mol. The number of rotatable bonds is 7. The molecule has 7 heteroatoms. The zero-order valence-corrected chi connectivity index (χ0v) is 19.9. The summed E-state index contributed by atoms with van der Waals surface area (Å²) in [6.45, 7) is 10.1. The van der Waals surface area contributed by atoms with Crippen molar-refractivity contribution in [3.05, 3.63) is 60.7 Å². The predicted octanol–water partition coefficient (Wildman–Crippen LogP) is 2.90. The van der Waals surface area contributed by atoms with Crippen molar-refractivity contribution >= 4 is 24.9 Å². The molecule has 0 saturated carbocycles. The van der Waals surface area contributed by atoms with Crippen LogP contribution < -0.4 is 10.4 Å². The molecular formula is C24H33NO5Si. The summed E-state index contributed by atoms with van der Waals surface area (Å²) >= 11 is 0. The maximum Gasteiger partial charge on any atom is 0.261 e. The van der Waals surface area contributed by atoms with E-state index in [1.165, 1.54) is 6.21 Å². The predicted molar refractivity (Wildman–Crippen MR) is 124 cm³/mol. The first kappa shape index (κ1) is 23.6. The van der Waals surface area contributed by atoms with E-state index in [-0.39, 0.29) is 11.6 Å². The molecule has 168 valence electrons. The largest absolute Gasteiger partial charge is 0.411 e. The van der Waals surface area contributed by atoms with E-state index in [1.807, 2.05) is 36.4 Å². The lowest BCUT2D eigenvalue weighted by Crippen LogP contribution is -2.67. The molecule has 0 spiro atoms. The average Bonchev–Trinajstić information content (AvgIpc) is 3.03. The second-order valence-corrected chi connectivity index (χ2v) is 13.7. The molecule has 0 radical (unpaired) electrons. The third kappa shape index (κ3) is 4.91. The molecule has 0 unspecified atom stereocenters. The highest BCUT2D eigenvalue weighted by Crippen LogP contribution is 2.37. The summed E-state index contributed by atoms with van der Waals surface area (Å²) < 4.78 is 18.4. The highest BCUT2D eigenvalue weighted by atomic mass is 28.4. The molecule has 31 heavy (non-hydrogen) atoms. The van der Waals surface area contributed by atoms with Gasteiger partial charge in [0.15, 0.2) is 5.79 Å². The molecule has 3 atom stereocenters. The van der Waals surface area contributed by atoms with E-state index >= 15 is 0 Å². The fraction of sp³-hybridized carbons (Fsp3) is 0.458. The number of hydrogen-bond acceptors (Lipinski definition) is 6. The lowest BCUT2D eigenvalue weighted by molar-refractivity contribution is -0.154. The first-order valence-corrected chi connectivity index (χ1v) is 12.5. The Balaban J connectivity index is 1.96. The fourth-order valence-electron chi connectivity index (χ4n) is 4.36. The summed E-state index contributed by atoms with van der Waals surface area (Å²) in [5.74, 6) is -0.894. The number of aliphatic hydroxyl groups is 1. The van der Waals surface area contributed by atoms with Crippen molar-refractivity contribution in [1.82, 2.24) is 0 Å². The summed E-state index contributed by atoms with van der Waals surface area (Å²) in [5.41, 5.74) is 0. The summed E-state index contributed by atoms with van der Waals surface area (Å²) in [7, 11) is -2.78. The van der Waals surface area contributed by atoms with Gasteiger partial charge in [0.05, 0.1) is 12.8 Å². The standard InChI is InChI=1S/C24H33NO5Si/c1-23(2,3)31(18-12-8-6-9-13-18,19-14-10-7-11-15-19)28-17-20(26)22-21(16-25-27)29-24(4,5)30-22/h6-16,20-22,26-27H,17H2,1-5H3/b25-16+/t20-,21+,22-/m1/s1. The van der Waals surface area contributed by atoms with Crippen LogP contribution in [0.4, 0.5) is 0 Å². The van der Waals surface area contributed by atoms with Crippen LogP contribution in [0.25, 0.3) is 0 Å². The third-order valence-electron chi connectivity index (χ3n) is 5.64. The summed E-state index contributed by atoms with van der Waals surface area (Å²) in [4.78, 5) is 0. The number of oxime groups is 1. The molecule has 1 saturated heterocycles. The molecule has 0 aromatic heterocycles. The van der Waals surface area contributed by atoms with Crippen molar-refractivity contribution in [2.24, 2.45) is 5.16 Å². The van der Waals surface area contributed by atoms with Gasteiger partial charge < -0.3 is 24.2 Å². The maximum atomic E-state index is 11.1. The van der Waals surface area contributed by atoms with Gasteiger partial charge in [0.25, 0.3) is 8.32 Å². The van der Waals surface area contributed by atoms with E-state index in [0.717, 1.165) is 10.4 Å². The van der Waals surface area contributed by atoms with Crippen LogP contribution in [0.15, 0.2) is 65.8 Å². The van der Waals surface area contributed by atoms with Crippen LogP contribution in [0.5, 0.6) is 0 Å². The number of benzene rings is 2. The van der Waals surface area contributed by atoms with E-state index in [0.29, 0.717) is 0 Å². The van der Waals surface area contributed by atoms with Crippen LogP contribution in [0, 0.1) is 0 Å². The normalized spacial score (nSPS) is 22.6. The number of aliphatic hydroxyl groups excluding tert-OH is 1. The third-order valence-corrected chi connectivity index (χ3v) is 10.6. The lowest BCUT2D eigenvalue weighted by Gasteiger charge is -2.43. The number of hydrogen-bond donors (Lipinski definition) is 2.